The predicted octanol–water partition coefficient (Wildman–Crippen LogP) is 3.98. The highest BCUT2D eigenvalue weighted by molar-refractivity contribution is 7.93. The van der Waals surface area contributed by atoms with Crippen molar-refractivity contribution >= 4 is 21.2 Å². The number of Topliss-reactive ketones (excluding diaryl/α,β-unsaturated/α-hetero) is 1. The van der Waals surface area contributed by atoms with E-state index in [-0.39, 0.29) is 10.7 Å². The summed E-state index contributed by atoms with van der Waals surface area (Å²) in [6.07, 6.45) is 4.45. The minimum absolute atomic E-state index is 0.202. The maximum absolute atomic E-state index is 13.2. The van der Waals surface area contributed by atoms with E-state index in [9.17, 15) is 13.2 Å². The molecule has 1 atom stereocenters. The maximum atomic E-state index is 13.2. The largest absolute Gasteiger partial charge is 0.292 e. The summed E-state index contributed by atoms with van der Waals surface area (Å²) in [5, 5.41) is -1.11. The Kier molecular flexibility index (Phi) is 3.92. The topological polar surface area (TPSA) is 51.2 Å². The lowest BCUT2D eigenvalue weighted by molar-refractivity contribution is -0.112. The molecule has 0 amide bonds. The van der Waals surface area contributed by atoms with Crippen molar-refractivity contribution < 1.29 is 13.2 Å². The summed E-state index contributed by atoms with van der Waals surface area (Å²) in [5.74, 6) is -0.293. The zero-order valence-corrected chi connectivity index (χ0v) is 14.5. The van der Waals surface area contributed by atoms with Crippen molar-refractivity contribution in [3.05, 3.63) is 83.4 Å². The quantitative estimate of drug-likeness (QED) is 0.841. The van der Waals surface area contributed by atoms with E-state index < -0.39 is 15.1 Å². The molecule has 2 aromatic carbocycles. The lowest BCUT2D eigenvalue weighted by atomic mass is 9.92. The Morgan fingerprint density at radius 1 is 0.880 bits per heavy atom. The lowest BCUT2D eigenvalue weighted by Gasteiger charge is -2.17. The Morgan fingerprint density at radius 3 is 2.20 bits per heavy atom. The summed E-state index contributed by atoms with van der Waals surface area (Å²) in [7, 11) is -3.76. The van der Waals surface area contributed by atoms with E-state index in [1.807, 2.05) is 36.4 Å². The number of ketones is 1. The van der Waals surface area contributed by atoms with Crippen molar-refractivity contribution in [2.75, 3.05) is 0 Å². The summed E-state index contributed by atoms with van der Waals surface area (Å²) < 4.78 is 26.4. The predicted molar refractivity (Wildman–Crippen MR) is 97.7 cm³/mol. The summed E-state index contributed by atoms with van der Waals surface area (Å²) in [5.41, 5.74) is 2.99. The monoisotopic (exact) mass is 350 g/mol. The third kappa shape index (κ3) is 2.57. The molecule has 0 aliphatic heterocycles. The molecule has 0 fully saturated rings. The van der Waals surface area contributed by atoms with Crippen LogP contribution in [0.5, 0.6) is 0 Å². The SMILES string of the molecule is O=C1C(c2ccccc2)=C2CCCC=C2C1S(=O)(=O)c1ccccc1. The molecule has 0 aromatic heterocycles. The van der Waals surface area contributed by atoms with Crippen molar-refractivity contribution in [3.8, 4) is 0 Å². The van der Waals surface area contributed by atoms with Gasteiger partial charge in [-0.05, 0) is 48.1 Å². The molecule has 2 aromatic rings. The fourth-order valence-corrected chi connectivity index (χ4v) is 5.52. The number of allylic oxidation sites excluding steroid dienone is 3. The van der Waals surface area contributed by atoms with E-state index >= 15 is 0 Å². The van der Waals surface area contributed by atoms with Crippen LogP contribution in [-0.2, 0) is 14.6 Å². The molecular formula is C21H18O3S. The van der Waals surface area contributed by atoms with Crippen LogP contribution in [0.1, 0.15) is 24.8 Å². The van der Waals surface area contributed by atoms with Crippen LogP contribution in [0.2, 0.25) is 0 Å². The second kappa shape index (κ2) is 6.12. The minimum atomic E-state index is -3.76. The second-order valence-corrected chi connectivity index (χ2v) is 8.41. The molecule has 126 valence electrons. The molecule has 4 rings (SSSR count). The van der Waals surface area contributed by atoms with Crippen LogP contribution < -0.4 is 0 Å². The normalized spacial score (nSPS) is 20.4. The van der Waals surface area contributed by atoms with Gasteiger partial charge in [0.05, 0.1) is 4.90 Å². The van der Waals surface area contributed by atoms with Gasteiger partial charge in [-0.3, -0.25) is 4.79 Å². The molecule has 2 aliphatic rings. The van der Waals surface area contributed by atoms with E-state index in [0.29, 0.717) is 11.1 Å². The van der Waals surface area contributed by atoms with Gasteiger partial charge >= 0.3 is 0 Å². The highest BCUT2D eigenvalue weighted by Crippen LogP contribution is 2.44. The van der Waals surface area contributed by atoms with Gasteiger partial charge in [0.2, 0.25) is 0 Å². The fourth-order valence-electron chi connectivity index (χ4n) is 3.74. The molecule has 0 radical (unpaired) electrons. The Labute approximate surface area is 147 Å². The van der Waals surface area contributed by atoms with Crippen LogP contribution in [0, 0.1) is 0 Å². The molecular weight excluding hydrogens is 332 g/mol. The molecule has 0 N–H and O–H groups in total. The number of sulfone groups is 1. The van der Waals surface area contributed by atoms with E-state index in [2.05, 4.69) is 0 Å². The zero-order valence-electron chi connectivity index (χ0n) is 13.7. The Balaban J connectivity index is 1.88. The maximum Gasteiger partial charge on any atom is 0.192 e. The summed E-state index contributed by atoms with van der Waals surface area (Å²) in [6, 6.07) is 17.7. The average Bonchev–Trinajstić information content (AvgIpc) is 2.95. The minimum Gasteiger partial charge on any atom is -0.292 e. The van der Waals surface area contributed by atoms with Gasteiger partial charge in [-0.1, -0.05) is 54.6 Å². The second-order valence-electron chi connectivity index (χ2n) is 6.37. The molecule has 0 bridgehead atoms. The Morgan fingerprint density at radius 2 is 1.52 bits per heavy atom. The van der Waals surface area contributed by atoms with Crippen molar-refractivity contribution in [2.45, 2.75) is 29.4 Å². The van der Waals surface area contributed by atoms with E-state index in [1.165, 1.54) is 0 Å². The van der Waals surface area contributed by atoms with Crippen LogP contribution in [-0.4, -0.2) is 19.5 Å². The fraction of sp³-hybridized carbons (Fsp3) is 0.190. The van der Waals surface area contributed by atoms with E-state index in [0.717, 1.165) is 30.4 Å². The highest BCUT2D eigenvalue weighted by Gasteiger charge is 2.46. The van der Waals surface area contributed by atoms with Crippen molar-refractivity contribution in [1.29, 1.82) is 0 Å². The number of benzene rings is 2. The molecule has 4 heteroatoms. The van der Waals surface area contributed by atoms with E-state index in [4.69, 9.17) is 0 Å². The van der Waals surface area contributed by atoms with Gasteiger partial charge in [-0.15, -0.1) is 0 Å². The third-order valence-electron chi connectivity index (χ3n) is 4.86. The molecule has 1 unspecified atom stereocenters. The van der Waals surface area contributed by atoms with Gasteiger partial charge < -0.3 is 0 Å². The van der Waals surface area contributed by atoms with Crippen molar-refractivity contribution in [2.24, 2.45) is 0 Å². The molecule has 0 saturated carbocycles. The molecule has 25 heavy (non-hydrogen) atoms. The van der Waals surface area contributed by atoms with Gasteiger partial charge in [-0.2, -0.15) is 0 Å². The van der Waals surface area contributed by atoms with Crippen LogP contribution in [0.15, 0.2) is 82.8 Å². The van der Waals surface area contributed by atoms with Gasteiger partial charge in [0.25, 0.3) is 0 Å². The first-order chi connectivity index (χ1) is 12.1. The molecule has 0 heterocycles. The van der Waals surface area contributed by atoms with Crippen molar-refractivity contribution in [3.63, 3.8) is 0 Å². The Hall–Kier alpha value is -2.46. The molecule has 2 aliphatic carbocycles. The number of rotatable bonds is 3. The molecule has 0 saturated heterocycles. The van der Waals surface area contributed by atoms with Crippen LogP contribution >= 0.6 is 0 Å². The van der Waals surface area contributed by atoms with Gasteiger partial charge in [0.15, 0.2) is 20.9 Å². The Bertz CT molecular complexity index is 984. The van der Waals surface area contributed by atoms with Gasteiger partial charge in [0.1, 0.15) is 0 Å². The number of carbonyl (C=O) groups is 1. The standard InChI is InChI=1S/C21H18O3S/c22-20-19(15-9-3-1-4-10-15)17-13-7-8-14-18(17)21(20)25(23,24)16-11-5-2-6-12-16/h1-6,9-12,14,21H,7-8,13H2. The lowest BCUT2D eigenvalue weighted by Crippen LogP contribution is -2.29. The van der Waals surface area contributed by atoms with Crippen molar-refractivity contribution in [1.82, 2.24) is 0 Å². The average molecular weight is 350 g/mol. The smallest absolute Gasteiger partial charge is 0.192 e. The summed E-state index contributed by atoms with van der Waals surface area (Å²) in [6.45, 7) is 0. The van der Waals surface area contributed by atoms with Gasteiger partial charge in [-0.25, -0.2) is 8.42 Å². The summed E-state index contributed by atoms with van der Waals surface area (Å²) in [4.78, 5) is 13.4. The summed E-state index contributed by atoms with van der Waals surface area (Å²) >= 11 is 0. The first-order valence-corrected chi connectivity index (χ1v) is 9.97. The van der Waals surface area contributed by atoms with E-state index in [1.54, 1.807) is 30.3 Å². The number of hydrogen-bond acceptors (Lipinski definition) is 3. The number of fused-ring (bicyclic) bond motifs is 1. The van der Waals surface area contributed by atoms with Crippen LogP contribution in [0.4, 0.5) is 0 Å². The number of carbonyl (C=O) groups excluding carboxylic acids is 1. The van der Waals surface area contributed by atoms with Gasteiger partial charge in [0, 0.05) is 5.57 Å². The van der Waals surface area contributed by atoms with Crippen LogP contribution in [0.25, 0.3) is 5.57 Å². The highest BCUT2D eigenvalue weighted by atomic mass is 32.2. The molecule has 0 spiro atoms. The zero-order chi connectivity index (χ0) is 17.4. The first kappa shape index (κ1) is 16.0. The van der Waals surface area contributed by atoms with Crippen LogP contribution in [0.3, 0.4) is 0 Å². The third-order valence-corrected chi connectivity index (χ3v) is 6.87. The molecule has 3 nitrogen and oxygen atoms in total. The first-order valence-electron chi connectivity index (χ1n) is 8.43. The number of hydrogen-bond donors (Lipinski definition) is 0.